The first-order valence-electron chi connectivity index (χ1n) is 8.71. The van der Waals surface area contributed by atoms with Gasteiger partial charge in [-0.1, -0.05) is 0 Å². The summed E-state index contributed by atoms with van der Waals surface area (Å²) in [5.74, 6) is -0.224. The van der Waals surface area contributed by atoms with E-state index in [-0.39, 0.29) is 29.5 Å². The zero-order valence-electron chi connectivity index (χ0n) is 14.7. The van der Waals surface area contributed by atoms with Crippen LogP contribution >= 0.6 is 0 Å². The van der Waals surface area contributed by atoms with Gasteiger partial charge in [-0.3, -0.25) is 9.78 Å². The Hall–Kier alpha value is -3.15. The zero-order valence-corrected chi connectivity index (χ0v) is 14.7. The summed E-state index contributed by atoms with van der Waals surface area (Å²) >= 11 is 0. The standard InChI is InChI=1S/C19H17F3N4O2/c20-19(21,22)16-9-15(4-1-12(16)10-23)28-14-5-2-13(3-6-14)26-18(27)17-11-24-7-8-25-17/h1,4,7-9,11,13-14H,2-3,5-6H2,(H,26,27)/t13-,14-. The smallest absolute Gasteiger partial charge is 0.417 e. The molecule has 2 aromatic rings. The Balaban J connectivity index is 1.56. The number of halogens is 3. The molecule has 1 N–H and O–H groups in total. The van der Waals surface area contributed by atoms with Crippen LogP contribution in [0.5, 0.6) is 5.75 Å². The van der Waals surface area contributed by atoms with Crippen molar-refractivity contribution in [1.82, 2.24) is 15.3 Å². The van der Waals surface area contributed by atoms with Gasteiger partial charge in [-0.15, -0.1) is 0 Å². The summed E-state index contributed by atoms with van der Waals surface area (Å²) in [6, 6.07) is 4.84. The molecule has 0 spiro atoms. The van der Waals surface area contributed by atoms with Gasteiger partial charge in [-0.05, 0) is 43.9 Å². The van der Waals surface area contributed by atoms with E-state index in [0.29, 0.717) is 25.7 Å². The fourth-order valence-corrected chi connectivity index (χ4v) is 3.12. The molecule has 28 heavy (non-hydrogen) atoms. The first kappa shape index (κ1) is 19.6. The van der Waals surface area contributed by atoms with Crippen molar-refractivity contribution in [3.8, 4) is 11.8 Å². The second-order valence-electron chi connectivity index (χ2n) is 6.47. The predicted molar refractivity (Wildman–Crippen MR) is 92.3 cm³/mol. The van der Waals surface area contributed by atoms with Crippen LogP contribution in [0.1, 0.15) is 47.3 Å². The number of aromatic nitrogens is 2. The van der Waals surface area contributed by atoms with Crippen LogP contribution in [0.2, 0.25) is 0 Å². The van der Waals surface area contributed by atoms with Crippen LogP contribution in [0.3, 0.4) is 0 Å². The molecule has 1 fully saturated rings. The lowest BCUT2D eigenvalue weighted by molar-refractivity contribution is -0.137. The highest BCUT2D eigenvalue weighted by atomic mass is 19.4. The molecule has 0 unspecified atom stereocenters. The van der Waals surface area contributed by atoms with E-state index in [1.807, 2.05) is 0 Å². The fraction of sp³-hybridized carbons (Fsp3) is 0.368. The predicted octanol–water partition coefficient (Wildman–Crippen LogP) is 3.49. The van der Waals surface area contributed by atoms with Gasteiger partial charge in [-0.25, -0.2) is 4.98 Å². The molecule has 0 radical (unpaired) electrons. The molecule has 1 aromatic heterocycles. The van der Waals surface area contributed by atoms with Crippen LogP contribution in [0.4, 0.5) is 13.2 Å². The Labute approximate surface area is 159 Å². The number of carbonyl (C=O) groups excluding carboxylic acids is 1. The van der Waals surface area contributed by atoms with E-state index in [1.165, 1.54) is 24.7 Å². The lowest BCUT2D eigenvalue weighted by Gasteiger charge is -2.29. The third-order valence-electron chi connectivity index (χ3n) is 4.52. The Morgan fingerprint density at radius 2 is 1.96 bits per heavy atom. The maximum absolute atomic E-state index is 13.1. The molecule has 1 aliphatic rings. The van der Waals surface area contributed by atoms with Gasteiger partial charge in [0.2, 0.25) is 0 Å². The third-order valence-corrected chi connectivity index (χ3v) is 4.52. The SMILES string of the molecule is N#Cc1ccc(O[C@H]2CC[C@H](NC(=O)c3cnccn3)CC2)cc1C(F)(F)F. The number of nitrogens with zero attached hydrogens (tertiary/aromatic N) is 3. The highest BCUT2D eigenvalue weighted by molar-refractivity contribution is 5.92. The van der Waals surface area contributed by atoms with Crippen molar-refractivity contribution in [2.75, 3.05) is 0 Å². The van der Waals surface area contributed by atoms with E-state index in [9.17, 15) is 18.0 Å². The average molecular weight is 390 g/mol. The maximum Gasteiger partial charge on any atom is 0.417 e. The topological polar surface area (TPSA) is 87.9 Å². The van der Waals surface area contributed by atoms with E-state index in [1.54, 1.807) is 6.07 Å². The average Bonchev–Trinajstić information content (AvgIpc) is 2.69. The highest BCUT2D eigenvalue weighted by Crippen LogP contribution is 2.35. The quantitative estimate of drug-likeness (QED) is 0.864. The van der Waals surface area contributed by atoms with Crippen molar-refractivity contribution in [1.29, 1.82) is 5.26 Å². The number of hydrogen-bond donors (Lipinski definition) is 1. The normalized spacial score (nSPS) is 19.5. The monoisotopic (exact) mass is 390 g/mol. The van der Waals surface area contributed by atoms with Crippen LogP contribution in [0.25, 0.3) is 0 Å². The van der Waals surface area contributed by atoms with E-state index in [0.717, 1.165) is 12.1 Å². The number of benzene rings is 1. The molecule has 0 bridgehead atoms. The van der Waals surface area contributed by atoms with Crippen molar-refractivity contribution in [2.24, 2.45) is 0 Å². The molecule has 1 heterocycles. The van der Waals surface area contributed by atoms with Gasteiger partial charge in [-0.2, -0.15) is 18.4 Å². The van der Waals surface area contributed by atoms with Crippen molar-refractivity contribution >= 4 is 5.91 Å². The van der Waals surface area contributed by atoms with Crippen LogP contribution < -0.4 is 10.1 Å². The number of nitriles is 1. The fourth-order valence-electron chi connectivity index (χ4n) is 3.12. The molecule has 3 rings (SSSR count). The molecule has 1 aliphatic carbocycles. The van der Waals surface area contributed by atoms with E-state index >= 15 is 0 Å². The Bertz CT molecular complexity index is 873. The van der Waals surface area contributed by atoms with Crippen LogP contribution in [-0.2, 0) is 6.18 Å². The number of alkyl halides is 3. The number of carbonyl (C=O) groups is 1. The van der Waals surface area contributed by atoms with Crippen LogP contribution in [-0.4, -0.2) is 28.0 Å². The van der Waals surface area contributed by atoms with E-state index in [2.05, 4.69) is 15.3 Å². The molecule has 146 valence electrons. The number of rotatable bonds is 4. The molecule has 1 amide bonds. The first-order valence-corrected chi connectivity index (χ1v) is 8.71. The van der Waals surface area contributed by atoms with E-state index < -0.39 is 17.3 Å². The highest BCUT2D eigenvalue weighted by Gasteiger charge is 2.34. The largest absolute Gasteiger partial charge is 0.490 e. The summed E-state index contributed by atoms with van der Waals surface area (Å²) in [5, 5.41) is 11.7. The summed E-state index contributed by atoms with van der Waals surface area (Å²) in [6.45, 7) is 0. The minimum Gasteiger partial charge on any atom is -0.490 e. The summed E-state index contributed by atoms with van der Waals surface area (Å²) in [6.07, 6.45) is 1.88. The minimum atomic E-state index is -4.62. The third kappa shape index (κ3) is 4.76. The number of amides is 1. The molecule has 9 heteroatoms. The van der Waals surface area contributed by atoms with Crippen LogP contribution in [0, 0.1) is 11.3 Å². The van der Waals surface area contributed by atoms with Crippen molar-refractivity contribution in [3.05, 3.63) is 53.6 Å². The molecular weight excluding hydrogens is 373 g/mol. The van der Waals surface area contributed by atoms with Crippen molar-refractivity contribution in [2.45, 2.75) is 44.0 Å². The van der Waals surface area contributed by atoms with Gasteiger partial charge >= 0.3 is 6.18 Å². The molecular formula is C19H17F3N4O2. The van der Waals surface area contributed by atoms with Crippen LogP contribution in [0.15, 0.2) is 36.8 Å². The van der Waals surface area contributed by atoms with Gasteiger partial charge in [0.05, 0.1) is 29.5 Å². The summed E-state index contributed by atoms with van der Waals surface area (Å²) < 4.78 is 44.8. The van der Waals surface area contributed by atoms with Crippen molar-refractivity contribution < 1.29 is 22.7 Å². The summed E-state index contributed by atoms with van der Waals surface area (Å²) in [7, 11) is 0. The lowest BCUT2D eigenvalue weighted by Crippen LogP contribution is -2.40. The van der Waals surface area contributed by atoms with E-state index in [4.69, 9.17) is 10.00 Å². The van der Waals surface area contributed by atoms with Gasteiger partial charge in [0.15, 0.2) is 0 Å². The first-order chi connectivity index (χ1) is 13.4. The Morgan fingerprint density at radius 3 is 2.57 bits per heavy atom. The minimum absolute atomic E-state index is 0.0546. The molecule has 1 aromatic carbocycles. The molecule has 0 atom stereocenters. The number of nitrogens with one attached hydrogen (secondary N) is 1. The molecule has 0 saturated heterocycles. The summed E-state index contributed by atoms with van der Waals surface area (Å²) in [5.41, 5.74) is -1.20. The molecule has 0 aliphatic heterocycles. The zero-order chi connectivity index (χ0) is 20.1. The van der Waals surface area contributed by atoms with Gasteiger partial charge in [0.25, 0.3) is 5.91 Å². The van der Waals surface area contributed by atoms with Gasteiger partial charge in [0, 0.05) is 18.4 Å². The second kappa shape index (κ2) is 8.25. The second-order valence-corrected chi connectivity index (χ2v) is 6.47. The summed E-state index contributed by atoms with van der Waals surface area (Å²) in [4.78, 5) is 19.9. The van der Waals surface area contributed by atoms with Gasteiger partial charge in [0.1, 0.15) is 11.4 Å². The maximum atomic E-state index is 13.1. The Morgan fingerprint density at radius 1 is 1.21 bits per heavy atom. The Kier molecular flexibility index (Phi) is 5.78. The number of ether oxygens (including phenoxy) is 1. The molecule has 1 saturated carbocycles. The van der Waals surface area contributed by atoms with Gasteiger partial charge < -0.3 is 10.1 Å². The van der Waals surface area contributed by atoms with Crippen molar-refractivity contribution in [3.63, 3.8) is 0 Å². The number of hydrogen-bond acceptors (Lipinski definition) is 5. The lowest BCUT2D eigenvalue weighted by atomic mass is 9.92. The molecule has 6 nitrogen and oxygen atoms in total.